The van der Waals surface area contributed by atoms with Crippen molar-refractivity contribution >= 4 is 34.4 Å². The molecule has 15 heavy (non-hydrogen) atoms. The van der Waals surface area contributed by atoms with E-state index < -0.39 is 0 Å². The van der Waals surface area contributed by atoms with E-state index >= 15 is 0 Å². The Hall–Kier alpha value is -1.11. The normalized spacial score (nSPS) is 9.47. The number of hydrogen-bond acceptors (Lipinski definition) is 2. The molecule has 0 aliphatic carbocycles. The van der Waals surface area contributed by atoms with E-state index in [1.54, 1.807) is 25.1 Å². The van der Waals surface area contributed by atoms with Crippen molar-refractivity contribution in [2.24, 2.45) is 0 Å². The average molecular weight is 318 g/mol. The van der Waals surface area contributed by atoms with Crippen LogP contribution < -0.4 is 10.9 Å². The number of halogens is 1. The molecule has 1 aromatic rings. The number of hydrazine groups is 1. The van der Waals surface area contributed by atoms with Gasteiger partial charge in [-0.05, 0) is 40.8 Å². The summed E-state index contributed by atoms with van der Waals surface area (Å²) in [6, 6.07) is 7.11. The summed E-state index contributed by atoms with van der Waals surface area (Å²) in [6.45, 7) is 1.72. The van der Waals surface area contributed by atoms with Gasteiger partial charge in [0, 0.05) is 15.6 Å². The van der Waals surface area contributed by atoms with E-state index in [4.69, 9.17) is 0 Å². The number of hydrogen-bond donors (Lipinski definition) is 2. The van der Waals surface area contributed by atoms with E-state index in [2.05, 4.69) is 33.4 Å². The maximum Gasteiger partial charge on any atom is 0.269 e. The molecular weight excluding hydrogens is 307 g/mol. The zero-order valence-corrected chi connectivity index (χ0v) is 10.4. The van der Waals surface area contributed by atoms with Crippen LogP contribution in [0.25, 0.3) is 0 Å². The summed E-state index contributed by atoms with van der Waals surface area (Å²) < 4.78 is 0.974. The van der Waals surface area contributed by atoms with Gasteiger partial charge in [-0.2, -0.15) is 0 Å². The molecule has 2 N–H and O–H groups in total. The summed E-state index contributed by atoms with van der Waals surface area (Å²) in [7, 11) is 0. The fraction of sp³-hybridized carbons (Fsp3) is 0.200. The van der Waals surface area contributed by atoms with Crippen LogP contribution >= 0.6 is 22.6 Å². The Kier molecular flexibility index (Phi) is 4.54. The van der Waals surface area contributed by atoms with Crippen LogP contribution in [-0.4, -0.2) is 11.8 Å². The van der Waals surface area contributed by atoms with Gasteiger partial charge < -0.3 is 0 Å². The Balaban J connectivity index is 2.58. The van der Waals surface area contributed by atoms with E-state index in [0.717, 1.165) is 3.57 Å². The lowest BCUT2D eigenvalue weighted by molar-refractivity contribution is -0.121. The molecule has 1 rings (SSSR count). The van der Waals surface area contributed by atoms with E-state index in [-0.39, 0.29) is 11.8 Å². The summed E-state index contributed by atoms with van der Waals surface area (Å²) in [5, 5.41) is 0. The van der Waals surface area contributed by atoms with Gasteiger partial charge >= 0.3 is 0 Å². The molecule has 5 heteroatoms. The minimum Gasteiger partial charge on any atom is -0.273 e. The molecule has 0 saturated carbocycles. The molecule has 0 bridgehead atoms. The SMILES string of the molecule is CCC(=O)NNC(=O)c1cccc(I)c1. The Bertz CT molecular complexity index is 379. The zero-order valence-electron chi connectivity index (χ0n) is 8.21. The highest BCUT2D eigenvalue weighted by atomic mass is 127. The second-order valence-electron chi connectivity index (χ2n) is 2.87. The van der Waals surface area contributed by atoms with Crippen LogP contribution in [0.15, 0.2) is 24.3 Å². The molecule has 80 valence electrons. The van der Waals surface area contributed by atoms with E-state index in [1.807, 2.05) is 6.07 Å². The van der Waals surface area contributed by atoms with Crippen LogP contribution in [0.2, 0.25) is 0 Å². The first-order valence-corrected chi connectivity index (χ1v) is 5.56. The molecular formula is C10H11IN2O2. The largest absolute Gasteiger partial charge is 0.273 e. The topological polar surface area (TPSA) is 58.2 Å². The van der Waals surface area contributed by atoms with Crippen LogP contribution in [0, 0.1) is 3.57 Å². The molecule has 0 aliphatic heterocycles. The summed E-state index contributed by atoms with van der Waals surface area (Å²) in [5.41, 5.74) is 5.17. The van der Waals surface area contributed by atoms with E-state index in [1.165, 1.54) is 0 Å². The van der Waals surface area contributed by atoms with Gasteiger partial charge in [0.25, 0.3) is 5.91 Å². The highest BCUT2D eigenvalue weighted by molar-refractivity contribution is 14.1. The molecule has 0 aromatic heterocycles. The molecule has 0 fully saturated rings. The Morgan fingerprint density at radius 2 is 2.07 bits per heavy atom. The van der Waals surface area contributed by atoms with E-state index in [0.29, 0.717) is 12.0 Å². The third-order valence-corrected chi connectivity index (χ3v) is 2.39. The Labute approximate surface area is 102 Å². The Morgan fingerprint density at radius 1 is 1.33 bits per heavy atom. The number of carbonyl (C=O) groups is 2. The third kappa shape index (κ3) is 3.86. The second kappa shape index (κ2) is 5.69. The molecule has 0 saturated heterocycles. The minimum atomic E-state index is -0.310. The van der Waals surface area contributed by atoms with Gasteiger partial charge in [-0.15, -0.1) is 0 Å². The fourth-order valence-corrected chi connectivity index (χ4v) is 1.46. The van der Waals surface area contributed by atoms with Crippen molar-refractivity contribution < 1.29 is 9.59 Å². The number of nitrogens with one attached hydrogen (secondary N) is 2. The van der Waals surface area contributed by atoms with Gasteiger partial charge in [0.2, 0.25) is 5.91 Å². The molecule has 0 unspecified atom stereocenters. The summed E-state index contributed by atoms with van der Waals surface area (Å²) in [4.78, 5) is 22.4. The van der Waals surface area contributed by atoms with Gasteiger partial charge in [0.1, 0.15) is 0 Å². The average Bonchev–Trinajstić information content (AvgIpc) is 2.25. The zero-order chi connectivity index (χ0) is 11.3. The van der Waals surface area contributed by atoms with Crippen molar-refractivity contribution in [3.05, 3.63) is 33.4 Å². The first-order chi connectivity index (χ1) is 7.13. The predicted octanol–water partition coefficient (Wildman–Crippen LogP) is 1.46. The monoisotopic (exact) mass is 318 g/mol. The van der Waals surface area contributed by atoms with Crippen molar-refractivity contribution in [3.8, 4) is 0 Å². The van der Waals surface area contributed by atoms with Gasteiger partial charge in [-0.1, -0.05) is 13.0 Å². The van der Waals surface area contributed by atoms with Crippen LogP contribution in [0.4, 0.5) is 0 Å². The van der Waals surface area contributed by atoms with Crippen molar-refractivity contribution in [2.45, 2.75) is 13.3 Å². The van der Waals surface area contributed by atoms with Crippen LogP contribution in [-0.2, 0) is 4.79 Å². The fourth-order valence-electron chi connectivity index (χ4n) is 0.917. The summed E-state index contributed by atoms with van der Waals surface area (Å²) >= 11 is 2.12. The Morgan fingerprint density at radius 3 is 2.67 bits per heavy atom. The first-order valence-electron chi connectivity index (χ1n) is 4.48. The van der Waals surface area contributed by atoms with Gasteiger partial charge in [0.15, 0.2) is 0 Å². The number of rotatable bonds is 2. The second-order valence-corrected chi connectivity index (χ2v) is 4.11. The maximum atomic E-state index is 11.5. The number of benzene rings is 1. The molecule has 0 spiro atoms. The first kappa shape index (κ1) is 12.0. The van der Waals surface area contributed by atoms with Crippen LogP contribution in [0.1, 0.15) is 23.7 Å². The quantitative estimate of drug-likeness (QED) is 0.641. The van der Waals surface area contributed by atoms with Gasteiger partial charge in [-0.3, -0.25) is 20.4 Å². The lowest BCUT2D eigenvalue weighted by atomic mass is 10.2. The molecule has 2 amide bonds. The van der Waals surface area contributed by atoms with Gasteiger partial charge in [0.05, 0.1) is 0 Å². The molecule has 4 nitrogen and oxygen atoms in total. The minimum absolute atomic E-state index is 0.214. The van der Waals surface area contributed by atoms with Gasteiger partial charge in [-0.25, -0.2) is 0 Å². The lowest BCUT2D eigenvalue weighted by Gasteiger charge is -2.05. The predicted molar refractivity (Wildman–Crippen MR) is 65.1 cm³/mol. The maximum absolute atomic E-state index is 11.5. The molecule has 0 heterocycles. The van der Waals surface area contributed by atoms with Crippen molar-refractivity contribution in [3.63, 3.8) is 0 Å². The smallest absolute Gasteiger partial charge is 0.269 e. The van der Waals surface area contributed by atoms with Crippen LogP contribution in [0.5, 0.6) is 0 Å². The lowest BCUT2D eigenvalue weighted by Crippen LogP contribution is -2.41. The van der Waals surface area contributed by atoms with Crippen molar-refractivity contribution in [1.82, 2.24) is 10.9 Å². The van der Waals surface area contributed by atoms with Crippen molar-refractivity contribution in [2.75, 3.05) is 0 Å². The molecule has 0 atom stereocenters. The third-order valence-electron chi connectivity index (χ3n) is 1.72. The highest BCUT2D eigenvalue weighted by Gasteiger charge is 2.05. The van der Waals surface area contributed by atoms with E-state index in [9.17, 15) is 9.59 Å². The summed E-state index contributed by atoms with van der Waals surface area (Å²) in [5.74, 6) is -0.524. The number of amides is 2. The molecule has 0 aliphatic rings. The van der Waals surface area contributed by atoms with Crippen molar-refractivity contribution in [1.29, 1.82) is 0 Å². The molecule has 1 aromatic carbocycles. The summed E-state index contributed by atoms with van der Waals surface area (Å²) in [6.07, 6.45) is 0.340. The molecule has 0 radical (unpaired) electrons. The van der Waals surface area contributed by atoms with Crippen LogP contribution in [0.3, 0.4) is 0 Å². The standard InChI is InChI=1S/C10H11IN2O2/c1-2-9(14)12-13-10(15)7-4-3-5-8(11)6-7/h3-6H,2H2,1H3,(H,12,14)(H,13,15). The number of carbonyl (C=O) groups excluding carboxylic acids is 2. The highest BCUT2D eigenvalue weighted by Crippen LogP contribution is 2.07.